The first-order chi connectivity index (χ1) is 7.57. The van der Waals surface area contributed by atoms with Gasteiger partial charge >= 0.3 is 0 Å². The summed E-state index contributed by atoms with van der Waals surface area (Å²) >= 11 is 0. The Morgan fingerprint density at radius 1 is 1.50 bits per heavy atom. The highest BCUT2D eigenvalue weighted by Gasteiger charge is 2.44. The van der Waals surface area contributed by atoms with Crippen molar-refractivity contribution in [3.63, 3.8) is 0 Å². The molecule has 1 aliphatic heterocycles. The monoisotopic (exact) mass is 227 g/mol. The van der Waals surface area contributed by atoms with Crippen LogP contribution in [0.5, 0.6) is 0 Å². The quantitative estimate of drug-likeness (QED) is 0.743. The Bertz CT molecular complexity index is 277. The Kier molecular flexibility index (Phi) is 3.22. The smallest absolute Gasteiger partial charge is 0.249 e. The highest BCUT2D eigenvalue weighted by atomic mass is 16.5. The van der Waals surface area contributed by atoms with Gasteiger partial charge in [0.25, 0.3) is 0 Å². The molecule has 3 atom stereocenters. The Labute approximate surface area is 96.4 Å². The zero-order valence-corrected chi connectivity index (χ0v) is 10.0. The Morgan fingerprint density at radius 3 is 2.62 bits per heavy atom. The van der Waals surface area contributed by atoms with Crippen LogP contribution < -0.4 is 5.32 Å². The number of ether oxygens (including phenoxy) is 1. The molecule has 0 aromatic carbocycles. The van der Waals surface area contributed by atoms with Crippen molar-refractivity contribution in [1.29, 1.82) is 0 Å². The second-order valence-corrected chi connectivity index (χ2v) is 5.40. The van der Waals surface area contributed by atoms with E-state index >= 15 is 0 Å². The predicted octanol–water partition coefficient (Wildman–Crippen LogP) is 0.689. The van der Waals surface area contributed by atoms with Crippen LogP contribution in [0.1, 0.15) is 33.1 Å². The van der Waals surface area contributed by atoms with Crippen LogP contribution in [0.4, 0.5) is 0 Å². The number of hydrogen-bond donors (Lipinski definition) is 2. The van der Waals surface area contributed by atoms with Gasteiger partial charge in [0, 0.05) is 6.61 Å². The van der Waals surface area contributed by atoms with E-state index < -0.39 is 5.54 Å². The van der Waals surface area contributed by atoms with Gasteiger partial charge in [-0.25, -0.2) is 0 Å². The molecule has 0 aromatic heterocycles. The topological polar surface area (TPSA) is 58.6 Å². The van der Waals surface area contributed by atoms with Crippen LogP contribution in [0.2, 0.25) is 0 Å². The average Bonchev–Trinajstić information content (AvgIpc) is 3.02. The van der Waals surface area contributed by atoms with Crippen molar-refractivity contribution in [1.82, 2.24) is 5.32 Å². The zero-order valence-electron chi connectivity index (χ0n) is 10.0. The maximum atomic E-state index is 12.0. The Morgan fingerprint density at radius 2 is 2.19 bits per heavy atom. The third kappa shape index (κ3) is 2.23. The number of aliphatic hydroxyl groups excluding tert-OH is 1. The van der Waals surface area contributed by atoms with Crippen molar-refractivity contribution in [3.05, 3.63) is 0 Å². The molecule has 1 amide bonds. The van der Waals surface area contributed by atoms with Gasteiger partial charge in [-0.1, -0.05) is 6.92 Å². The number of amides is 1. The van der Waals surface area contributed by atoms with Crippen LogP contribution in [0.25, 0.3) is 0 Å². The third-order valence-corrected chi connectivity index (χ3v) is 3.86. The maximum Gasteiger partial charge on any atom is 0.249 e. The van der Waals surface area contributed by atoms with Crippen LogP contribution in [0, 0.1) is 11.8 Å². The number of nitrogens with one attached hydrogen (secondary N) is 1. The van der Waals surface area contributed by atoms with E-state index in [-0.39, 0.29) is 24.5 Å². The van der Waals surface area contributed by atoms with Gasteiger partial charge in [0.2, 0.25) is 5.91 Å². The van der Waals surface area contributed by atoms with Crippen molar-refractivity contribution in [2.75, 3.05) is 13.2 Å². The minimum Gasteiger partial charge on any atom is -0.394 e. The van der Waals surface area contributed by atoms with Gasteiger partial charge in [0.15, 0.2) is 0 Å². The van der Waals surface area contributed by atoms with E-state index in [4.69, 9.17) is 4.74 Å². The summed E-state index contributed by atoms with van der Waals surface area (Å²) in [5.74, 6) is 0.647. The predicted molar refractivity (Wildman–Crippen MR) is 59.9 cm³/mol. The molecule has 0 bridgehead atoms. The molecule has 2 fully saturated rings. The van der Waals surface area contributed by atoms with Crippen molar-refractivity contribution < 1.29 is 14.6 Å². The number of carbonyl (C=O) groups excluding carboxylic acids is 1. The molecular weight excluding hydrogens is 206 g/mol. The second kappa shape index (κ2) is 4.34. The summed E-state index contributed by atoms with van der Waals surface area (Å²) in [5, 5.41) is 12.4. The summed E-state index contributed by atoms with van der Waals surface area (Å²) in [5.41, 5.74) is -0.456. The highest BCUT2D eigenvalue weighted by Crippen LogP contribution is 2.39. The lowest BCUT2D eigenvalue weighted by Crippen LogP contribution is -2.54. The maximum absolute atomic E-state index is 12.0. The Balaban J connectivity index is 1.94. The number of aliphatic hydroxyl groups is 1. The molecule has 0 aromatic rings. The molecule has 4 nitrogen and oxygen atoms in total. The SMILES string of the molecule is C[C@@H]1CCO[C@@H]1C(=O)N[C@@](C)(CO)C1CC1. The van der Waals surface area contributed by atoms with E-state index in [0.717, 1.165) is 19.3 Å². The first-order valence-electron chi connectivity index (χ1n) is 6.11. The molecule has 0 unspecified atom stereocenters. The van der Waals surface area contributed by atoms with Gasteiger partial charge in [0.05, 0.1) is 12.1 Å². The molecule has 1 aliphatic carbocycles. The fourth-order valence-electron chi connectivity index (χ4n) is 2.37. The number of rotatable bonds is 4. The Hall–Kier alpha value is -0.610. The first kappa shape index (κ1) is 11.9. The van der Waals surface area contributed by atoms with Gasteiger partial charge < -0.3 is 15.2 Å². The summed E-state index contributed by atoms with van der Waals surface area (Å²) in [6, 6.07) is 0. The van der Waals surface area contributed by atoms with Crippen LogP contribution in [-0.2, 0) is 9.53 Å². The molecule has 1 heterocycles. The molecule has 0 radical (unpaired) electrons. The lowest BCUT2D eigenvalue weighted by atomic mass is 9.95. The van der Waals surface area contributed by atoms with Gasteiger partial charge in [-0.2, -0.15) is 0 Å². The largest absolute Gasteiger partial charge is 0.394 e. The average molecular weight is 227 g/mol. The van der Waals surface area contributed by atoms with Crippen LogP contribution in [0.15, 0.2) is 0 Å². The summed E-state index contributed by atoms with van der Waals surface area (Å²) in [4.78, 5) is 12.0. The lowest BCUT2D eigenvalue weighted by Gasteiger charge is -2.30. The van der Waals surface area contributed by atoms with E-state index in [1.807, 2.05) is 13.8 Å². The van der Waals surface area contributed by atoms with E-state index in [1.54, 1.807) is 0 Å². The number of carbonyl (C=O) groups is 1. The van der Waals surface area contributed by atoms with Crippen molar-refractivity contribution >= 4 is 5.91 Å². The summed E-state index contributed by atoms with van der Waals surface area (Å²) in [6.07, 6.45) is 2.80. The molecule has 16 heavy (non-hydrogen) atoms. The van der Waals surface area contributed by atoms with Crippen LogP contribution in [0.3, 0.4) is 0 Å². The second-order valence-electron chi connectivity index (χ2n) is 5.40. The molecule has 4 heteroatoms. The molecule has 1 saturated heterocycles. The fourth-order valence-corrected chi connectivity index (χ4v) is 2.37. The van der Waals surface area contributed by atoms with E-state index in [1.165, 1.54) is 0 Å². The molecular formula is C12H21NO3. The first-order valence-corrected chi connectivity index (χ1v) is 6.11. The molecule has 2 rings (SSSR count). The van der Waals surface area contributed by atoms with Gasteiger partial charge in [-0.05, 0) is 38.0 Å². The summed E-state index contributed by atoms with van der Waals surface area (Å²) < 4.78 is 5.42. The fraction of sp³-hybridized carbons (Fsp3) is 0.917. The van der Waals surface area contributed by atoms with Crippen LogP contribution in [-0.4, -0.2) is 35.9 Å². The molecule has 0 spiro atoms. The highest BCUT2D eigenvalue weighted by molar-refractivity contribution is 5.82. The zero-order chi connectivity index (χ0) is 11.8. The third-order valence-electron chi connectivity index (χ3n) is 3.86. The number of hydrogen-bond acceptors (Lipinski definition) is 3. The van der Waals surface area contributed by atoms with Crippen molar-refractivity contribution in [3.8, 4) is 0 Å². The van der Waals surface area contributed by atoms with Crippen molar-refractivity contribution in [2.24, 2.45) is 11.8 Å². The minimum absolute atomic E-state index is 0.00447. The van der Waals surface area contributed by atoms with Gasteiger partial charge in [-0.3, -0.25) is 4.79 Å². The molecule has 92 valence electrons. The van der Waals surface area contributed by atoms with Crippen molar-refractivity contribution in [2.45, 2.75) is 44.8 Å². The minimum atomic E-state index is -0.456. The van der Waals surface area contributed by atoms with E-state index in [9.17, 15) is 9.90 Å². The van der Waals surface area contributed by atoms with E-state index in [0.29, 0.717) is 12.5 Å². The molecule has 1 saturated carbocycles. The lowest BCUT2D eigenvalue weighted by molar-refractivity contribution is -0.134. The van der Waals surface area contributed by atoms with Gasteiger partial charge in [0.1, 0.15) is 6.10 Å². The van der Waals surface area contributed by atoms with E-state index in [2.05, 4.69) is 5.32 Å². The summed E-state index contributed by atoms with van der Waals surface area (Å²) in [7, 11) is 0. The van der Waals surface area contributed by atoms with Gasteiger partial charge in [-0.15, -0.1) is 0 Å². The molecule has 2 aliphatic rings. The molecule has 2 N–H and O–H groups in total. The van der Waals surface area contributed by atoms with Crippen LogP contribution >= 0.6 is 0 Å². The normalized spacial score (nSPS) is 33.4. The summed E-state index contributed by atoms with van der Waals surface area (Å²) in [6.45, 7) is 4.62. The standard InChI is InChI=1S/C12H21NO3/c1-8-5-6-16-10(8)11(15)13-12(2,7-14)9-3-4-9/h8-10,14H,3-7H2,1-2H3,(H,13,15)/t8-,10+,12+/m1/s1.